The van der Waals surface area contributed by atoms with E-state index in [2.05, 4.69) is 41.4 Å². The zero-order valence-corrected chi connectivity index (χ0v) is 19.7. The van der Waals surface area contributed by atoms with Crippen LogP contribution >= 0.6 is 0 Å². The molecular weight excluding hydrogens is 438 g/mol. The van der Waals surface area contributed by atoms with E-state index in [9.17, 15) is 9.90 Å². The molecule has 4 aromatic rings. The van der Waals surface area contributed by atoms with Crippen LogP contribution in [0.3, 0.4) is 0 Å². The second kappa shape index (κ2) is 9.97. The van der Waals surface area contributed by atoms with Crippen LogP contribution in [0.2, 0.25) is 0 Å². The maximum absolute atomic E-state index is 12.0. The number of ether oxygens (including phenoxy) is 1. The summed E-state index contributed by atoms with van der Waals surface area (Å²) in [6, 6.07) is 27.8. The predicted molar refractivity (Wildman–Crippen MR) is 139 cm³/mol. The number of nitrogens with zero attached hydrogens (tertiary/aromatic N) is 2. The molecule has 6 nitrogen and oxygen atoms in total. The van der Waals surface area contributed by atoms with Crippen LogP contribution in [0.1, 0.15) is 29.3 Å². The summed E-state index contributed by atoms with van der Waals surface area (Å²) in [6.07, 6.45) is 4.69. The Kier molecular flexibility index (Phi) is 6.44. The monoisotopic (exact) mass is 467 g/mol. The van der Waals surface area contributed by atoms with Crippen LogP contribution in [0.15, 0.2) is 97.3 Å². The molecule has 2 atom stereocenters. The van der Waals surface area contributed by atoms with Crippen molar-refractivity contribution in [2.24, 2.45) is 0 Å². The van der Waals surface area contributed by atoms with Crippen molar-refractivity contribution in [2.45, 2.75) is 32.0 Å². The number of nitrogens with one attached hydrogen (secondary N) is 1. The van der Waals surface area contributed by atoms with Gasteiger partial charge in [-0.2, -0.15) is 0 Å². The first-order valence-electron chi connectivity index (χ1n) is 11.9. The van der Waals surface area contributed by atoms with E-state index in [4.69, 9.17) is 4.74 Å². The highest BCUT2D eigenvalue weighted by atomic mass is 16.5. The van der Waals surface area contributed by atoms with Crippen LogP contribution in [0, 0.1) is 0 Å². The van der Waals surface area contributed by atoms with E-state index >= 15 is 0 Å². The van der Waals surface area contributed by atoms with Gasteiger partial charge in [0.1, 0.15) is 11.9 Å². The number of carboxylic acids is 1. The quantitative estimate of drug-likeness (QED) is 0.324. The van der Waals surface area contributed by atoms with Crippen molar-refractivity contribution in [2.75, 3.05) is 16.8 Å². The first-order chi connectivity index (χ1) is 17.1. The number of para-hydroxylation sites is 2. The topological polar surface area (TPSA) is 66.7 Å². The van der Waals surface area contributed by atoms with E-state index in [1.54, 1.807) is 6.07 Å². The number of rotatable bonds is 9. The minimum atomic E-state index is -0.933. The fourth-order valence-corrected chi connectivity index (χ4v) is 4.74. The van der Waals surface area contributed by atoms with E-state index in [0.717, 1.165) is 35.7 Å². The summed E-state index contributed by atoms with van der Waals surface area (Å²) < 4.78 is 8.29. The summed E-state index contributed by atoms with van der Waals surface area (Å²) >= 11 is 0. The van der Waals surface area contributed by atoms with Crippen LogP contribution in [-0.2, 0) is 6.54 Å². The molecular formula is C29H29N3O3. The average molecular weight is 468 g/mol. The molecule has 2 N–H and O–H groups in total. The molecule has 0 bridgehead atoms. The van der Waals surface area contributed by atoms with Crippen molar-refractivity contribution in [1.29, 1.82) is 0 Å². The maximum Gasteiger partial charge on any atom is 0.337 e. The molecule has 0 spiro atoms. The van der Waals surface area contributed by atoms with E-state index in [-0.39, 0.29) is 17.7 Å². The van der Waals surface area contributed by atoms with Crippen LogP contribution in [0.4, 0.5) is 11.4 Å². The average Bonchev–Trinajstić information content (AvgIpc) is 3.40. The summed E-state index contributed by atoms with van der Waals surface area (Å²) in [6.45, 7) is 3.56. The largest absolute Gasteiger partial charge is 0.486 e. The Balaban J connectivity index is 1.32. The number of carbonyl (C=O) groups is 1. The smallest absolute Gasteiger partial charge is 0.337 e. The fourth-order valence-electron chi connectivity index (χ4n) is 4.74. The highest BCUT2D eigenvalue weighted by molar-refractivity contribution is 5.95. The van der Waals surface area contributed by atoms with Gasteiger partial charge in [0.2, 0.25) is 0 Å². The third kappa shape index (κ3) is 4.73. The summed E-state index contributed by atoms with van der Waals surface area (Å²) in [7, 11) is 0. The number of hydrogen-bond donors (Lipinski definition) is 2. The van der Waals surface area contributed by atoms with Crippen molar-refractivity contribution in [1.82, 2.24) is 4.57 Å². The second-order valence-corrected chi connectivity index (χ2v) is 8.72. The molecule has 5 rings (SSSR count). The Morgan fingerprint density at radius 2 is 1.77 bits per heavy atom. The minimum Gasteiger partial charge on any atom is -0.486 e. The van der Waals surface area contributed by atoms with Crippen molar-refractivity contribution >= 4 is 17.3 Å². The molecule has 0 saturated carbocycles. The molecule has 2 unspecified atom stereocenters. The van der Waals surface area contributed by atoms with Crippen molar-refractivity contribution in [3.63, 3.8) is 0 Å². The third-order valence-electron chi connectivity index (χ3n) is 6.50. The zero-order valence-electron chi connectivity index (χ0n) is 19.7. The van der Waals surface area contributed by atoms with Gasteiger partial charge in [-0.1, -0.05) is 43.3 Å². The van der Waals surface area contributed by atoms with Gasteiger partial charge in [0, 0.05) is 24.6 Å². The second-order valence-electron chi connectivity index (χ2n) is 8.72. The number of anilines is 2. The fraction of sp³-hybridized carbons (Fsp3) is 0.207. The molecule has 0 amide bonds. The van der Waals surface area contributed by atoms with Gasteiger partial charge in [-0.15, -0.1) is 0 Å². The minimum absolute atomic E-state index is 0.0309. The lowest BCUT2D eigenvalue weighted by molar-refractivity contribution is 0.0697. The summed E-state index contributed by atoms with van der Waals surface area (Å²) in [5, 5.41) is 13.2. The van der Waals surface area contributed by atoms with E-state index in [0.29, 0.717) is 12.2 Å². The Labute approximate surface area is 205 Å². The standard InChI is InChI=1S/C29H29N3O3/c1-2-25-27(35-23-13-8-10-21(18-23)19-30-22-11-4-3-5-12-22)20-32(25)26-15-9-14-24(29(33)34)28(26)31-16-6-7-17-31/h3-18,25,27,30H,2,19-20H2,1H3,(H,33,34). The molecule has 35 heavy (non-hydrogen) atoms. The maximum atomic E-state index is 12.0. The van der Waals surface area contributed by atoms with Gasteiger partial charge in [0.05, 0.1) is 29.5 Å². The number of hydrogen-bond acceptors (Lipinski definition) is 4. The van der Waals surface area contributed by atoms with Crippen LogP contribution < -0.4 is 15.0 Å². The van der Waals surface area contributed by atoms with E-state index in [1.807, 2.05) is 71.6 Å². The molecule has 1 saturated heterocycles. The van der Waals surface area contributed by atoms with Crippen LogP contribution in [-0.4, -0.2) is 34.3 Å². The SMILES string of the molecule is CCC1C(Oc2cccc(CNc3ccccc3)c2)CN1c1cccc(C(=O)O)c1-n1cccc1. The van der Waals surface area contributed by atoms with Crippen LogP contribution in [0.25, 0.3) is 5.69 Å². The number of carboxylic acid groups (broad SMARTS) is 1. The first-order valence-corrected chi connectivity index (χ1v) is 11.9. The number of aromatic carboxylic acids is 1. The first kappa shape index (κ1) is 22.6. The van der Waals surface area contributed by atoms with Crippen molar-refractivity contribution in [3.8, 4) is 11.4 Å². The molecule has 0 aliphatic carbocycles. The van der Waals surface area contributed by atoms with Gasteiger partial charge >= 0.3 is 5.97 Å². The molecule has 6 heteroatoms. The normalized spacial score (nSPS) is 17.0. The summed E-state index contributed by atoms with van der Waals surface area (Å²) in [5.74, 6) is -0.0803. The Bertz CT molecular complexity index is 1290. The lowest BCUT2D eigenvalue weighted by Crippen LogP contribution is -2.62. The molecule has 1 aliphatic rings. The molecule has 1 aromatic heterocycles. The third-order valence-corrected chi connectivity index (χ3v) is 6.50. The van der Waals surface area contributed by atoms with Crippen molar-refractivity contribution in [3.05, 3.63) is 108 Å². The molecule has 3 aromatic carbocycles. The molecule has 178 valence electrons. The van der Waals surface area contributed by atoms with Gasteiger partial charge in [0.25, 0.3) is 0 Å². The molecule has 2 heterocycles. The highest BCUT2D eigenvalue weighted by Crippen LogP contribution is 2.37. The lowest BCUT2D eigenvalue weighted by atomic mass is 9.94. The highest BCUT2D eigenvalue weighted by Gasteiger charge is 2.41. The predicted octanol–water partition coefficient (Wildman–Crippen LogP) is 5.83. The van der Waals surface area contributed by atoms with E-state index in [1.165, 1.54) is 0 Å². The van der Waals surface area contributed by atoms with E-state index < -0.39 is 5.97 Å². The number of benzene rings is 3. The van der Waals surface area contributed by atoms with Gasteiger partial charge in [-0.05, 0) is 60.5 Å². The summed E-state index contributed by atoms with van der Waals surface area (Å²) in [5.41, 5.74) is 4.13. The molecule has 0 radical (unpaired) electrons. The van der Waals surface area contributed by atoms with Crippen LogP contribution in [0.5, 0.6) is 5.75 Å². The van der Waals surface area contributed by atoms with Crippen molar-refractivity contribution < 1.29 is 14.6 Å². The van der Waals surface area contributed by atoms with Gasteiger partial charge in [-0.25, -0.2) is 4.79 Å². The summed E-state index contributed by atoms with van der Waals surface area (Å²) in [4.78, 5) is 14.2. The lowest BCUT2D eigenvalue weighted by Gasteiger charge is -2.49. The van der Waals surface area contributed by atoms with Gasteiger partial charge < -0.3 is 24.6 Å². The van der Waals surface area contributed by atoms with Gasteiger partial charge in [0.15, 0.2) is 0 Å². The Hall–Kier alpha value is -4.19. The number of aromatic nitrogens is 1. The molecule has 1 aliphatic heterocycles. The molecule has 1 fully saturated rings. The Morgan fingerprint density at radius 1 is 1.00 bits per heavy atom. The zero-order chi connectivity index (χ0) is 24.2. The Morgan fingerprint density at radius 3 is 2.51 bits per heavy atom. The van der Waals surface area contributed by atoms with Gasteiger partial charge in [-0.3, -0.25) is 0 Å².